The van der Waals surface area contributed by atoms with Crippen molar-refractivity contribution in [2.24, 2.45) is 5.92 Å². The van der Waals surface area contributed by atoms with Gasteiger partial charge in [0.25, 0.3) is 10.0 Å². The first-order valence-corrected chi connectivity index (χ1v) is 12.3. The van der Waals surface area contributed by atoms with Crippen LogP contribution in [-0.4, -0.2) is 49.8 Å². The number of aliphatic carboxylic acids is 1. The third kappa shape index (κ3) is 7.91. The number of nitrogens with zero attached hydrogens (tertiary/aromatic N) is 1. The molecule has 3 N–H and O–H groups in total. The smallest absolute Gasteiger partial charge is 0.478 e. The average Bonchev–Trinajstić information content (AvgIpc) is 2.75. The van der Waals surface area contributed by atoms with Crippen LogP contribution in [0.2, 0.25) is 10.0 Å². The van der Waals surface area contributed by atoms with E-state index in [-0.39, 0.29) is 26.2 Å². The Kier molecular flexibility index (Phi) is 9.26. The number of carbonyl (C=O) groups is 2. The van der Waals surface area contributed by atoms with E-state index in [0.29, 0.717) is 11.6 Å². The molecule has 0 radical (unpaired) electrons. The highest BCUT2D eigenvalue weighted by Gasteiger charge is 2.38. The van der Waals surface area contributed by atoms with Crippen molar-refractivity contribution in [3.8, 4) is 0 Å². The van der Waals surface area contributed by atoms with Crippen molar-refractivity contribution >= 4 is 56.5 Å². The summed E-state index contributed by atoms with van der Waals surface area (Å²) in [6, 6.07) is 8.48. The van der Waals surface area contributed by atoms with Gasteiger partial charge >= 0.3 is 18.1 Å². The molecular weight excluding hydrogens is 536 g/mol. The van der Waals surface area contributed by atoms with Gasteiger partial charge in [0.1, 0.15) is 0 Å². The van der Waals surface area contributed by atoms with E-state index < -0.39 is 28.1 Å². The van der Waals surface area contributed by atoms with E-state index in [2.05, 4.69) is 16.5 Å². The summed E-state index contributed by atoms with van der Waals surface area (Å²) < 4.78 is 60.0. The summed E-state index contributed by atoms with van der Waals surface area (Å²) in [4.78, 5) is 22.3. The minimum Gasteiger partial charge on any atom is -0.478 e. The lowest BCUT2D eigenvalue weighted by Gasteiger charge is -2.34. The highest BCUT2D eigenvalue weighted by atomic mass is 35.5. The van der Waals surface area contributed by atoms with Crippen molar-refractivity contribution in [2.45, 2.75) is 30.8 Å². The average molecular weight is 557 g/mol. The Hall–Kier alpha value is -2.70. The number of nitrogens with one attached hydrogen (secondary N) is 1. The van der Waals surface area contributed by atoms with E-state index >= 15 is 0 Å². The molecule has 1 unspecified atom stereocenters. The predicted molar refractivity (Wildman–Crippen MR) is 125 cm³/mol. The first kappa shape index (κ1) is 28.5. The Morgan fingerprint density at radius 1 is 1.09 bits per heavy atom. The topological polar surface area (TPSA) is 124 Å². The Bertz CT molecular complexity index is 1210. The Morgan fingerprint density at radius 2 is 1.71 bits per heavy atom. The minimum atomic E-state index is -5.08. The van der Waals surface area contributed by atoms with Crippen LogP contribution in [0.4, 0.5) is 24.5 Å². The fraction of sp³-hybridized carbons (Fsp3) is 0.333. The van der Waals surface area contributed by atoms with Gasteiger partial charge in [0, 0.05) is 13.1 Å². The zero-order valence-corrected chi connectivity index (χ0v) is 20.5. The molecule has 192 valence electrons. The lowest BCUT2D eigenvalue weighted by molar-refractivity contribution is -0.192. The summed E-state index contributed by atoms with van der Waals surface area (Å²) in [5.74, 6) is -3.42. The largest absolute Gasteiger partial charge is 0.490 e. The second-order valence-electron chi connectivity index (χ2n) is 7.71. The molecule has 0 spiro atoms. The van der Waals surface area contributed by atoms with Gasteiger partial charge in [-0.25, -0.2) is 18.0 Å². The SMILES string of the molecule is CC1CCCN(c2ccc(C(=O)O)cc2NS(=O)(=O)c2ccc(Cl)c(Cl)c2)C1.O=C(O)C(F)(F)F. The second-order valence-corrected chi connectivity index (χ2v) is 10.2. The molecule has 8 nitrogen and oxygen atoms in total. The van der Waals surface area contributed by atoms with Crippen LogP contribution >= 0.6 is 23.2 Å². The second kappa shape index (κ2) is 11.4. The summed E-state index contributed by atoms with van der Waals surface area (Å²) in [7, 11) is -3.98. The summed E-state index contributed by atoms with van der Waals surface area (Å²) in [6.45, 7) is 3.68. The van der Waals surface area contributed by atoms with Crippen molar-refractivity contribution in [3.63, 3.8) is 0 Å². The minimum absolute atomic E-state index is 0.000599. The number of rotatable bonds is 5. The lowest BCUT2D eigenvalue weighted by Crippen LogP contribution is -2.35. The van der Waals surface area contributed by atoms with Crippen molar-refractivity contribution in [1.29, 1.82) is 0 Å². The third-order valence-electron chi connectivity index (χ3n) is 4.93. The van der Waals surface area contributed by atoms with Crippen LogP contribution in [0.1, 0.15) is 30.1 Å². The molecule has 1 saturated heterocycles. The van der Waals surface area contributed by atoms with E-state index in [1.165, 1.54) is 30.3 Å². The summed E-state index contributed by atoms with van der Waals surface area (Å²) in [5, 5.41) is 16.8. The zero-order valence-electron chi connectivity index (χ0n) is 18.1. The van der Waals surface area contributed by atoms with Gasteiger partial charge in [0.15, 0.2) is 0 Å². The van der Waals surface area contributed by atoms with Gasteiger partial charge < -0.3 is 15.1 Å². The fourth-order valence-electron chi connectivity index (χ4n) is 3.28. The van der Waals surface area contributed by atoms with Crippen LogP contribution in [0, 0.1) is 5.92 Å². The molecule has 0 aromatic heterocycles. The number of anilines is 2. The van der Waals surface area contributed by atoms with Gasteiger partial charge in [-0.1, -0.05) is 30.1 Å². The van der Waals surface area contributed by atoms with Crippen LogP contribution in [0.3, 0.4) is 0 Å². The van der Waals surface area contributed by atoms with Crippen LogP contribution in [0.15, 0.2) is 41.3 Å². The molecule has 2 aromatic carbocycles. The Balaban J connectivity index is 0.000000540. The van der Waals surface area contributed by atoms with Crippen molar-refractivity contribution in [3.05, 3.63) is 52.0 Å². The molecule has 1 aliphatic rings. The normalized spacial score (nSPS) is 16.2. The molecule has 2 aromatic rings. The lowest BCUT2D eigenvalue weighted by atomic mass is 9.99. The van der Waals surface area contributed by atoms with Gasteiger partial charge in [-0.3, -0.25) is 4.72 Å². The number of carboxylic acids is 2. The maximum Gasteiger partial charge on any atom is 0.490 e. The predicted octanol–water partition coefficient (Wildman–Crippen LogP) is 5.36. The Labute approximate surface area is 209 Å². The number of piperidine rings is 1. The van der Waals surface area contributed by atoms with Crippen molar-refractivity contribution < 1.29 is 41.4 Å². The van der Waals surface area contributed by atoms with Crippen molar-refractivity contribution in [2.75, 3.05) is 22.7 Å². The maximum absolute atomic E-state index is 12.9. The number of alkyl halides is 3. The zero-order chi connectivity index (χ0) is 26.6. The highest BCUT2D eigenvalue weighted by Crippen LogP contribution is 2.33. The molecule has 0 bridgehead atoms. The number of benzene rings is 2. The van der Waals surface area contributed by atoms with E-state index in [9.17, 15) is 31.5 Å². The van der Waals surface area contributed by atoms with Gasteiger partial charge in [-0.2, -0.15) is 13.2 Å². The van der Waals surface area contributed by atoms with Crippen LogP contribution in [0.5, 0.6) is 0 Å². The maximum atomic E-state index is 12.9. The molecule has 1 atom stereocenters. The first-order chi connectivity index (χ1) is 16.1. The van der Waals surface area contributed by atoms with Crippen LogP contribution in [-0.2, 0) is 14.8 Å². The summed E-state index contributed by atoms with van der Waals surface area (Å²) in [6.07, 6.45) is -2.99. The van der Waals surface area contributed by atoms with Gasteiger partial charge in [-0.15, -0.1) is 0 Å². The quantitative estimate of drug-likeness (QED) is 0.452. The summed E-state index contributed by atoms with van der Waals surface area (Å²) in [5.41, 5.74) is 0.876. The number of halogens is 5. The molecule has 35 heavy (non-hydrogen) atoms. The monoisotopic (exact) mass is 556 g/mol. The number of sulfonamides is 1. The molecule has 1 fully saturated rings. The number of carboxylic acid groups (broad SMARTS) is 2. The van der Waals surface area contributed by atoms with E-state index in [1.807, 2.05) is 0 Å². The Morgan fingerprint density at radius 3 is 2.23 bits per heavy atom. The highest BCUT2D eigenvalue weighted by molar-refractivity contribution is 7.92. The fourth-order valence-corrected chi connectivity index (χ4v) is 4.74. The molecule has 14 heteroatoms. The molecule has 1 heterocycles. The van der Waals surface area contributed by atoms with E-state index in [1.54, 1.807) is 6.07 Å². The van der Waals surface area contributed by atoms with Gasteiger partial charge in [0.2, 0.25) is 0 Å². The van der Waals surface area contributed by atoms with Gasteiger partial charge in [-0.05, 0) is 55.2 Å². The van der Waals surface area contributed by atoms with Crippen LogP contribution < -0.4 is 9.62 Å². The molecule has 0 saturated carbocycles. The molecule has 0 aliphatic carbocycles. The molecule has 0 amide bonds. The number of aromatic carboxylic acids is 1. The number of hydrogen-bond acceptors (Lipinski definition) is 5. The molecule has 1 aliphatic heterocycles. The van der Waals surface area contributed by atoms with E-state index in [0.717, 1.165) is 25.9 Å². The van der Waals surface area contributed by atoms with Gasteiger partial charge in [0.05, 0.1) is 31.9 Å². The first-order valence-electron chi connectivity index (χ1n) is 10.0. The standard InChI is InChI=1S/C19H20Cl2N2O4S.C2HF3O2/c1-12-3-2-8-23(11-12)18-7-4-13(19(24)25)9-17(18)22-28(26,27)14-5-6-15(20)16(21)10-14;3-2(4,5)1(6)7/h4-7,9-10,12,22H,2-3,8,11H2,1H3,(H,24,25);(H,6,7). The summed E-state index contributed by atoms with van der Waals surface area (Å²) >= 11 is 11.8. The third-order valence-corrected chi connectivity index (χ3v) is 7.03. The molecular formula is C21H21Cl2F3N2O6S. The van der Waals surface area contributed by atoms with Crippen LogP contribution in [0.25, 0.3) is 0 Å². The van der Waals surface area contributed by atoms with Crippen molar-refractivity contribution in [1.82, 2.24) is 0 Å². The number of hydrogen-bond donors (Lipinski definition) is 3. The van der Waals surface area contributed by atoms with E-state index in [4.69, 9.17) is 33.1 Å². The molecule has 3 rings (SSSR count).